The van der Waals surface area contributed by atoms with Crippen LogP contribution in [0.15, 0.2) is 34.2 Å². The fourth-order valence-electron chi connectivity index (χ4n) is 2.63. The average molecular weight is 347 g/mol. The van der Waals surface area contributed by atoms with E-state index in [9.17, 15) is 14.0 Å². The monoisotopic (exact) mass is 347 g/mol. The molecule has 1 amide bonds. The van der Waals surface area contributed by atoms with Crippen molar-refractivity contribution >= 4 is 23.4 Å². The van der Waals surface area contributed by atoms with Crippen LogP contribution in [0, 0.1) is 5.82 Å². The van der Waals surface area contributed by atoms with Crippen molar-refractivity contribution in [2.75, 3.05) is 5.32 Å². The van der Waals surface area contributed by atoms with Crippen LogP contribution in [0.4, 0.5) is 10.1 Å². The summed E-state index contributed by atoms with van der Waals surface area (Å²) in [7, 11) is 0. The van der Waals surface area contributed by atoms with E-state index in [2.05, 4.69) is 15.3 Å². The molecule has 24 heavy (non-hydrogen) atoms. The number of halogens is 1. The minimum Gasteiger partial charge on any atom is -0.325 e. The summed E-state index contributed by atoms with van der Waals surface area (Å²) in [6, 6.07) is 5.58. The molecule has 0 aliphatic heterocycles. The van der Waals surface area contributed by atoms with Crippen LogP contribution >= 0.6 is 11.8 Å². The number of hydrogen-bond donors (Lipinski definition) is 2. The Balaban J connectivity index is 1.69. The normalized spacial score (nSPS) is 14.8. The van der Waals surface area contributed by atoms with Crippen LogP contribution in [0.1, 0.15) is 31.0 Å². The smallest absolute Gasteiger partial charge is 0.254 e. The highest BCUT2D eigenvalue weighted by Gasteiger charge is 2.19. The zero-order valence-electron chi connectivity index (χ0n) is 13.3. The molecule has 0 saturated carbocycles. The SMILES string of the molecule is CC(Sc1nc2c(c(=O)[nH]1)CCCC2)C(=O)Nc1ccc(F)cc1. The van der Waals surface area contributed by atoms with E-state index in [-0.39, 0.29) is 17.3 Å². The number of aromatic amines is 1. The van der Waals surface area contributed by atoms with Gasteiger partial charge in [0.2, 0.25) is 5.91 Å². The number of benzene rings is 1. The second-order valence-corrected chi connectivity index (χ2v) is 7.09. The molecule has 1 heterocycles. The molecule has 0 spiro atoms. The molecular weight excluding hydrogens is 329 g/mol. The quantitative estimate of drug-likeness (QED) is 0.659. The van der Waals surface area contributed by atoms with E-state index in [0.29, 0.717) is 10.8 Å². The van der Waals surface area contributed by atoms with Crippen LogP contribution in [0.3, 0.4) is 0 Å². The van der Waals surface area contributed by atoms with Gasteiger partial charge in [-0.1, -0.05) is 11.8 Å². The molecule has 3 rings (SSSR count). The maximum atomic E-state index is 12.9. The van der Waals surface area contributed by atoms with Gasteiger partial charge in [0, 0.05) is 11.3 Å². The van der Waals surface area contributed by atoms with E-state index in [1.54, 1.807) is 6.92 Å². The Hall–Kier alpha value is -2.15. The molecular formula is C17H18FN3O2S. The highest BCUT2D eigenvalue weighted by atomic mass is 32.2. The third-order valence-corrected chi connectivity index (χ3v) is 4.92. The summed E-state index contributed by atoms with van der Waals surface area (Å²) in [5, 5.41) is 2.74. The van der Waals surface area contributed by atoms with Gasteiger partial charge in [-0.25, -0.2) is 9.37 Å². The first-order valence-corrected chi connectivity index (χ1v) is 8.76. The number of nitrogens with zero attached hydrogens (tertiary/aromatic N) is 1. The molecule has 1 unspecified atom stereocenters. The molecule has 2 N–H and O–H groups in total. The highest BCUT2D eigenvalue weighted by molar-refractivity contribution is 8.00. The number of hydrogen-bond acceptors (Lipinski definition) is 4. The molecule has 126 valence electrons. The summed E-state index contributed by atoms with van der Waals surface area (Å²) in [6.07, 6.45) is 3.63. The average Bonchev–Trinajstić information content (AvgIpc) is 2.57. The lowest BCUT2D eigenvalue weighted by atomic mass is 9.97. The van der Waals surface area contributed by atoms with Crippen LogP contribution in [-0.4, -0.2) is 21.1 Å². The number of carbonyl (C=O) groups is 1. The number of amides is 1. The largest absolute Gasteiger partial charge is 0.325 e. The number of anilines is 1. The van der Waals surface area contributed by atoms with E-state index >= 15 is 0 Å². The molecule has 0 fully saturated rings. The van der Waals surface area contributed by atoms with Crippen molar-refractivity contribution in [2.45, 2.75) is 43.0 Å². The fourth-order valence-corrected chi connectivity index (χ4v) is 3.45. The zero-order valence-corrected chi connectivity index (χ0v) is 14.1. The first-order valence-electron chi connectivity index (χ1n) is 7.88. The summed E-state index contributed by atoms with van der Waals surface area (Å²) in [5.41, 5.74) is 2.04. The van der Waals surface area contributed by atoms with Crippen LogP contribution < -0.4 is 10.9 Å². The van der Waals surface area contributed by atoms with Crippen molar-refractivity contribution in [1.82, 2.24) is 9.97 Å². The van der Waals surface area contributed by atoms with Crippen molar-refractivity contribution in [3.8, 4) is 0 Å². The van der Waals surface area contributed by atoms with E-state index in [4.69, 9.17) is 0 Å². The van der Waals surface area contributed by atoms with Gasteiger partial charge in [-0.15, -0.1) is 0 Å². The minimum absolute atomic E-state index is 0.103. The van der Waals surface area contributed by atoms with Gasteiger partial charge in [-0.3, -0.25) is 9.59 Å². The summed E-state index contributed by atoms with van der Waals surface area (Å²) < 4.78 is 12.9. The number of rotatable bonds is 4. The van der Waals surface area contributed by atoms with E-state index in [0.717, 1.165) is 36.9 Å². The number of aromatic nitrogens is 2. The van der Waals surface area contributed by atoms with Gasteiger partial charge in [0.1, 0.15) is 5.82 Å². The molecule has 0 radical (unpaired) electrons. The van der Waals surface area contributed by atoms with Gasteiger partial charge in [-0.2, -0.15) is 0 Å². The van der Waals surface area contributed by atoms with Crippen LogP contribution in [-0.2, 0) is 17.6 Å². The maximum absolute atomic E-state index is 12.9. The van der Waals surface area contributed by atoms with Gasteiger partial charge < -0.3 is 10.3 Å². The Morgan fingerprint density at radius 3 is 2.75 bits per heavy atom. The van der Waals surface area contributed by atoms with Crippen molar-refractivity contribution in [1.29, 1.82) is 0 Å². The summed E-state index contributed by atoms with van der Waals surface area (Å²) in [5.74, 6) is -0.585. The number of fused-ring (bicyclic) bond motifs is 1. The molecule has 0 bridgehead atoms. The Morgan fingerprint density at radius 1 is 1.29 bits per heavy atom. The third kappa shape index (κ3) is 3.84. The van der Waals surface area contributed by atoms with E-state index in [1.807, 2.05) is 0 Å². The number of H-pyrrole nitrogens is 1. The van der Waals surface area contributed by atoms with Gasteiger partial charge in [0.15, 0.2) is 5.16 Å². The van der Waals surface area contributed by atoms with E-state index < -0.39 is 5.25 Å². The first-order chi connectivity index (χ1) is 11.5. The molecule has 1 aromatic carbocycles. The summed E-state index contributed by atoms with van der Waals surface area (Å²) in [6.45, 7) is 1.74. The summed E-state index contributed by atoms with van der Waals surface area (Å²) >= 11 is 1.21. The van der Waals surface area contributed by atoms with Crippen molar-refractivity contribution in [3.63, 3.8) is 0 Å². The molecule has 2 aromatic rings. The molecule has 1 atom stereocenters. The molecule has 5 nitrogen and oxygen atoms in total. The number of carbonyl (C=O) groups excluding carboxylic acids is 1. The van der Waals surface area contributed by atoms with Crippen molar-refractivity contribution in [3.05, 3.63) is 51.7 Å². The Labute approximate surface area is 143 Å². The second kappa shape index (κ2) is 7.17. The minimum atomic E-state index is -0.445. The molecule has 1 aromatic heterocycles. The molecule has 1 aliphatic carbocycles. The van der Waals surface area contributed by atoms with Crippen LogP contribution in [0.25, 0.3) is 0 Å². The van der Waals surface area contributed by atoms with E-state index in [1.165, 1.54) is 36.0 Å². The van der Waals surface area contributed by atoms with Crippen LogP contribution in [0.2, 0.25) is 0 Å². The molecule has 0 saturated heterocycles. The molecule has 7 heteroatoms. The highest BCUT2D eigenvalue weighted by Crippen LogP contribution is 2.23. The number of aryl methyl sites for hydroxylation is 1. The zero-order chi connectivity index (χ0) is 17.1. The topological polar surface area (TPSA) is 74.8 Å². The Bertz CT molecular complexity index is 804. The lowest BCUT2D eigenvalue weighted by Crippen LogP contribution is -2.25. The second-order valence-electron chi connectivity index (χ2n) is 5.76. The van der Waals surface area contributed by atoms with Crippen molar-refractivity contribution in [2.24, 2.45) is 0 Å². The van der Waals surface area contributed by atoms with Crippen LogP contribution in [0.5, 0.6) is 0 Å². The van der Waals surface area contributed by atoms with Gasteiger partial charge >= 0.3 is 0 Å². The van der Waals surface area contributed by atoms with Gasteiger partial charge in [0.25, 0.3) is 5.56 Å². The predicted octanol–water partition coefficient (Wildman–Crippen LogP) is 2.91. The van der Waals surface area contributed by atoms with Gasteiger partial charge in [0.05, 0.1) is 10.9 Å². The van der Waals surface area contributed by atoms with Gasteiger partial charge in [-0.05, 0) is 56.9 Å². The predicted molar refractivity (Wildman–Crippen MR) is 91.8 cm³/mol. The fraction of sp³-hybridized carbons (Fsp3) is 0.353. The third-order valence-electron chi connectivity index (χ3n) is 3.94. The number of nitrogens with one attached hydrogen (secondary N) is 2. The maximum Gasteiger partial charge on any atom is 0.254 e. The summed E-state index contributed by atoms with van der Waals surface area (Å²) in [4.78, 5) is 31.6. The first kappa shape index (κ1) is 16.7. The standard InChI is InChI=1S/C17H18FN3O2S/c1-10(15(22)19-12-8-6-11(18)7-9-12)24-17-20-14-5-3-2-4-13(14)16(23)21-17/h6-10H,2-5H2,1H3,(H,19,22)(H,20,21,23). The Morgan fingerprint density at radius 2 is 2.00 bits per heavy atom. The number of thioether (sulfide) groups is 1. The van der Waals surface area contributed by atoms with Crippen molar-refractivity contribution < 1.29 is 9.18 Å². The Kier molecular flexibility index (Phi) is 4.99. The molecule has 1 aliphatic rings. The lowest BCUT2D eigenvalue weighted by molar-refractivity contribution is -0.115. The lowest BCUT2D eigenvalue weighted by Gasteiger charge is -2.16.